The predicted molar refractivity (Wildman–Crippen MR) is 71.9 cm³/mol. The fourth-order valence-electron chi connectivity index (χ4n) is 2.29. The molecule has 0 aliphatic heterocycles. The normalized spacial score (nSPS) is 18.8. The highest BCUT2D eigenvalue weighted by Crippen LogP contribution is 2.44. The van der Waals surface area contributed by atoms with Gasteiger partial charge in [-0.05, 0) is 61.9 Å². The quantitative estimate of drug-likeness (QED) is 0.811. The van der Waals surface area contributed by atoms with Gasteiger partial charge in [-0.15, -0.1) is 0 Å². The van der Waals surface area contributed by atoms with Gasteiger partial charge in [-0.25, -0.2) is 4.21 Å². The molecule has 2 rings (SSSR count). The van der Waals surface area contributed by atoms with Crippen LogP contribution >= 0.6 is 0 Å². The SMILES string of the molecule is CNc1cc(C)c(CC2(S(=O)O)CC2)c(C)c1. The molecule has 0 saturated heterocycles. The van der Waals surface area contributed by atoms with E-state index in [-0.39, 0.29) is 4.75 Å². The van der Waals surface area contributed by atoms with Crippen LogP contribution < -0.4 is 5.32 Å². The Kier molecular flexibility index (Phi) is 3.27. The lowest BCUT2D eigenvalue weighted by Crippen LogP contribution is -2.20. The maximum absolute atomic E-state index is 11.3. The molecule has 3 nitrogen and oxygen atoms in total. The van der Waals surface area contributed by atoms with Crippen molar-refractivity contribution >= 4 is 16.8 Å². The smallest absolute Gasteiger partial charge is 0.159 e. The van der Waals surface area contributed by atoms with E-state index in [0.29, 0.717) is 0 Å². The van der Waals surface area contributed by atoms with Gasteiger partial charge in [-0.1, -0.05) is 0 Å². The number of anilines is 1. The lowest BCUT2D eigenvalue weighted by atomic mass is 9.97. The average molecular weight is 253 g/mol. The van der Waals surface area contributed by atoms with Crippen molar-refractivity contribution in [3.63, 3.8) is 0 Å². The number of benzene rings is 1. The second-order valence-electron chi connectivity index (χ2n) is 4.95. The van der Waals surface area contributed by atoms with E-state index in [1.54, 1.807) is 0 Å². The average Bonchev–Trinajstić information content (AvgIpc) is 3.04. The molecule has 0 aromatic heterocycles. The van der Waals surface area contributed by atoms with Crippen LogP contribution in [0.5, 0.6) is 0 Å². The van der Waals surface area contributed by atoms with E-state index in [4.69, 9.17) is 0 Å². The Morgan fingerprint density at radius 1 is 1.35 bits per heavy atom. The Bertz CT molecular complexity index is 443. The fraction of sp³-hybridized carbons (Fsp3) is 0.538. The maximum atomic E-state index is 11.3. The third kappa shape index (κ3) is 2.38. The summed E-state index contributed by atoms with van der Waals surface area (Å²) in [7, 11) is 1.90. The number of nitrogens with one attached hydrogen (secondary N) is 1. The first-order chi connectivity index (χ1) is 7.98. The minimum Gasteiger partial charge on any atom is -0.388 e. The van der Waals surface area contributed by atoms with E-state index in [0.717, 1.165) is 24.9 Å². The van der Waals surface area contributed by atoms with Gasteiger partial charge >= 0.3 is 0 Å². The lowest BCUT2D eigenvalue weighted by molar-refractivity contribution is 0.542. The topological polar surface area (TPSA) is 49.3 Å². The second kappa shape index (κ2) is 4.42. The standard InChI is InChI=1S/C13H19NO2S/c1-9-6-11(14-3)7-10(2)12(9)8-13(4-5-13)17(15)16/h6-7,14H,4-5,8H2,1-3H3,(H,15,16). The zero-order chi connectivity index (χ0) is 12.6. The molecular formula is C13H19NO2S. The lowest BCUT2D eigenvalue weighted by Gasteiger charge is -2.16. The highest BCUT2D eigenvalue weighted by atomic mass is 32.2. The zero-order valence-corrected chi connectivity index (χ0v) is 11.4. The molecule has 0 radical (unpaired) electrons. The molecule has 0 heterocycles. The van der Waals surface area contributed by atoms with Crippen LogP contribution in [0.1, 0.15) is 29.5 Å². The Morgan fingerprint density at radius 2 is 1.88 bits per heavy atom. The third-order valence-electron chi connectivity index (χ3n) is 3.66. The molecule has 0 amide bonds. The highest BCUT2D eigenvalue weighted by Gasteiger charge is 2.49. The van der Waals surface area contributed by atoms with Gasteiger partial charge in [0.2, 0.25) is 0 Å². The molecule has 1 saturated carbocycles. The Morgan fingerprint density at radius 3 is 2.24 bits per heavy atom. The number of hydrogen-bond acceptors (Lipinski definition) is 2. The summed E-state index contributed by atoms with van der Waals surface area (Å²) in [5.74, 6) is 0. The van der Waals surface area contributed by atoms with E-state index < -0.39 is 11.1 Å². The van der Waals surface area contributed by atoms with E-state index in [1.807, 2.05) is 7.05 Å². The van der Waals surface area contributed by atoms with Crippen LogP contribution in [-0.2, 0) is 17.5 Å². The van der Waals surface area contributed by atoms with Crippen molar-refractivity contribution in [3.8, 4) is 0 Å². The van der Waals surface area contributed by atoms with Crippen molar-refractivity contribution in [1.82, 2.24) is 0 Å². The molecule has 1 atom stereocenters. The molecule has 1 aromatic rings. The minimum absolute atomic E-state index is 0.364. The van der Waals surface area contributed by atoms with Crippen molar-refractivity contribution < 1.29 is 8.76 Å². The molecule has 94 valence electrons. The Hall–Kier alpha value is -0.870. The van der Waals surface area contributed by atoms with Gasteiger partial charge in [0.1, 0.15) is 0 Å². The van der Waals surface area contributed by atoms with Gasteiger partial charge < -0.3 is 9.87 Å². The first-order valence-electron chi connectivity index (χ1n) is 5.87. The molecule has 1 aromatic carbocycles. The van der Waals surface area contributed by atoms with Crippen molar-refractivity contribution in [2.45, 2.75) is 37.9 Å². The summed E-state index contributed by atoms with van der Waals surface area (Å²) < 4.78 is 20.3. The minimum atomic E-state index is -1.70. The molecule has 2 N–H and O–H groups in total. The largest absolute Gasteiger partial charge is 0.388 e. The molecular weight excluding hydrogens is 234 g/mol. The first-order valence-corrected chi connectivity index (χ1v) is 6.98. The Labute approximate surface area is 105 Å². The monoisotopic (exact) mass is 253 g/mol. The summed E-state index contributed by atoms with van der Waals surface area (Å²) in [5.41, 5.74) is 4.72. The van der Waals surface area contributed by atoms with Gasteiger partial charge in [0.15, 0.2) is 11.1 Å². The molecule has 1 aliphatic carbocycles. The molecule has 17 heavy (non-hydrogen) atoms. The van der Waals surface area contributed by atoms with Crippen LogP contribution in [0.2, 0.25) is 0 Å². The van der Waals surface area contributed by atoms with E-state index in [2.05, 4.69) is 31.3 Å². The van der Waals surface area contributed by atoms with Crippen molar-refractivity contribution in [1.29, 1.82) is 0 Å². The van der Waals surface area contributed by atoms with E-state index >= 15 is 0 Å². The summed E-state index contributed by atoms with van der Waals surface area (Å²) >= 11 is -1.70. The molecule has 0 spiro atoms. The zero-order valence-electron chi connectivity index (χ0n) is 10.5. The van der Waals surface area contributed by atoms with Crippen LogP contribution in [0.15, 0.2) is 12.1 Å². The van der Waals surface area contributed by atoms with Gasteiger partial charge in [-0.2, -0.15) is 0 Å². The number of rotatable bonds is 4. The van der Waals surface area contributed by atoms with Crippen molar-refractivity contribution in [2.24, 2.45) is 0 Å². The number of hydrogen-bond donors (Lipinski definition) is 2. The molecule has 4 heteroatoms. The number of aryl methyl sites for hydroxylation is 2. The Balaban J connectivity index is 2.31. The predicted octanol–water partition coefficient (Wildman–Crippen LogP) is 2.64. The summed E-state index contributed by atoms with van der Waals surface area (Å²) in [6.45, 7) is 4.14. The van der Waals surface area contributed by atoms with Crippen LogP contribution in [0.3, 0.4) is 0 Å². The van der Waals surface area contributed by atoms with Gasteiger partial charge in [0.05, 0.1) is 4.75 Å². The van der Waals surface area contributed by atoms with Crippen LogP contribution in [0, 0.1) is 13.8 Å². The molecule has 1 unspecified atom stereocenters. The van der Waals surface area contributed by atoms with Crippen LogP contribution in [0.4, 0.5) is 5.69 Å². The summed E-state index contributed by atoms with van der Waals surface area (Å²) in [5, 5.41) is 3.13. The van der Waals surface area contributed by atoms with Gasteiger partial charge in [-0.3, -0.25) is 0 Å². The van der Waals surface area contributed by atoms with Gasteiger partial charge in [0, 0.05) is 12.7 Å². The summed E-state index contributed by atoms with van der Waals surface area (Å²) in [4.78, 5) is 0. The third-order valence-corrected chi connectivity index (χ3v) is 4.96. The maximum Gasteiger partial charge on any atom is 0.159 e. The highest BCUT2D eigenvalue weighted by molar-refractivity contribution is 7.81. The summed E-state index contributed by atoms with van der Waals surface area (Å²) in [6, 6.07) is 4.19. The molecule has 1 aliphatic rings. The second-order valence-corrected chi connectivity index (χ2v) is 6.31. The molecule has 1 fully saturated rings. The van der Waals surface area contributed by atoms with Crippen LogP contribution in [0.25, 0.3) is 0 Å². The van der Waals surface area contributed by atoms with E-state index in [1.165, 1.54) is 16.7 Å². The van der Waals surface area contributed by atoms with Crippen molar-refractivity contribution in [3.05, 3.63) is 28.8 Å². The molecule has 0 bridgehead atoms. The first kappa shape index (κ1) is 12.6. The van der Waals surface area contributed by atoms with E-state index in [9.17, 15) is 8.76 Å². The summed E-state index contributed by atoms with van der Waals surface area (Å²) in [6.07, 6.45) is 2.45. The fourth-order valence-corrected chi connectivity index (χ4v) is 3.01. The van der Waals surface area contributed by atoms with Gasteiger partial charge in [0.25, 0.3) is 0 Å². The van der Waals surface area contributed by atoms with Crippen LogP contribution in [-0.4, -0.2) is 20.6 Å². The van der Waals surface area contributed by atoms with Crippen molar-refractivity contribution in [2.75, 3.05) is 12.4 Å².